The van der Waals surface area contributed by atoms with Crippen molar-refractivity contribution in [2.45, 2.75) is 39.0 Å². The molecule has 0 aromatic carbocycles. The molecular weight excluding hydrogens is 372 g/mol. The van der Waals surface area contributed by atoms with Crippen LogP contribution in [0.4, 0.5) is 0 Å². The molecule has 2 aromatic heterocycles. The SMILES string of the molecule is COCCNC(=O)c1ccc(C2CCN(C(=O)Cc3c(C)noc3C)CC2)nc1. The van der Waals surface area contributed by atoms with Gasteiger partial charge in [-0.3, -0.25) is 14.6 Å². The van der Waals surface area contributed by atoms with Gasteiger partial charge in [0.25, 0.3) is 5.91 Å². The molecule has 1 aliphatic heterocycles. The van der Waals surface area contributed by atoms with Gasteiger partial charge in [-0.05, 0) is 38.8 Å². The summed E-state index contributed by atoms with van der Waals surface area (Å²) >= 11 is 0. The van der Waals surface area contributed by atoms with Crippen LogP contribution in [0, 0.1) is 13.8 Å². The number of ether oxygens (including phenoxy) is 1. The molecule has 0 atom stereocenters. The summed E-state index contributed by atoms with van der Waals surface area (Å²) in [7, 11) is 1.60. The number of likely N-dealkylation sites (tertiary alicyclic amines) is 1. The van der Waals surface area contributed by atoms with E-state index in [1.807, 2.05) is 24.8 Å². The Balaban J connectivity index is 1.51. The summed E-state index contributed by atoms with van der Waals surface area (Å²) in [5.74, 6) is 0.958. The molecule has 0 unspecified atom stereocenters. The van der Waals surface area contributed by atoms with Crippen molar-refractivity contribution in [1.82, 2.24) is 20.4 Å². The van der Waals surface area contributed by atoms with Crippen LogP contribution in [0.2, 0.25) is 0 Å². The number of nitrogens with zero attached hydrogens (tertiary/aromatic N) is 3. The average molecular weight is 400 g/mol. The Bertz CT molecular complexity index is 819. The van der Waals surface area contributed by atoms with Crippen LogP contribution in [0.1, 0.15) is 51.8 Å². The maximum atomic E-state index is 12.6. The van der Waals surface area contributed by atoms with E-state index in [1.165, 1.54) is 0 Å². The first kappa shape index (κ1) is 21.0. The topological polar surface area (TPSA) is 97.6 Å². The summed E-state index contributed by atoms with van der Waals surface area (Å²) in [6.07, 6.45) is 3.67. The lowest BCUT2D eigenvalue weighted by Crippen LogP contribution is -2.39. The quantitative estimate of drug-likeness (QED) is 0.714. The van der Waals surface area contributed by atoms with Crippen molar-refractivity contribution in [2.24, 2.45) is 0 Å². The molecule has 2 aromatic rings. The second kappa shape index (κ2) is 9.65. The molecular formula is C21H28N4O4. The Hall–Kier alpha value is -2.74. The van der Waals surface area contributed by atoms with Crippen molar-refractivity contribution in [2.75, 3.05) is 33.4 Å². The number of hydrogen-bond donors (Lipinski definition) is 1. The van der Waals surface area contributed by atoms with Gasteiger partial charge in [-0.2, -0.15) is 0 Å². The Morgan fingerprint density at radius 2 is 2.03 bits per heavy atom. The summed E-state index contributed by atoms with van der Waals surface area (Å²) in [5.41, 5.74) is 3.17. The van der Waals surface area contributed by atoms with Crippen LogP contribution in [-0.2, 0) is 16.0 Å². The van der Waals surface area contributed by atoms with Crippen molar-refractivity contribution < 1.29 is 18.8 Å². The van der Waals surface area contributed by atoms with Gasteiger partial charge in [0.1, 0.15) is 5.76 Å². The van der Waals surface area contributed by atoms with Crippen molar-refractivity contribution in [3.05, 3.63) is 46.6 Å². The van der Waals surface area contributed by atoms with Crippen LogP contribution in [0.5, 0.6) is 0 Å². The van der Waals surface area contributed by atoms with Gasteiger partial charge in [0, 0.05) is 50.1 Å². The molecule has 1 aliphatic rings. The first-order chi connectivity index (χ1) is 14.0. The summed E-state index contributed by atoms with van der Waals surface area (Å²) in [6.45, 7) is 6.05. The highest BCUT2D eigenvalue weighted by Gasteiger charge is 2.26. The van der Waals surface area contributed by atoms with Crippen LogP contribution < -0.4 is 5.32 Å². The maximum absolute atomic E-state index is 12.6. The number of rotatable bonds is 7. The van der Waals surface area contributed by atoms with E-state index in [-0.39, 0.29) is 11.8 Å². The summed E-state index contributed by atoms with van der Waals surface area (Å²) in [6, 6.07) is 3.72. The number of nitrogens with one attached hydrogen (secondary N) is 1. The fourth-order valence-corrected chi connectivity index (χ4v) is 3.59. The van der Waals surface area contributed by atoms with E-state index < -0.39 is 0 Å². The molecule has 3 rings (SSSR count). The third-order valence-electron chi connectivity index (χ3n) is 5.42. The van der Waals surface area contributed by atoms with Gasteiger partial charge in [0.15, 0.2) is 0 Å². The van der Waals surface area contributed by atoms with E-state index in [0.717, 1.165) is 29.8 Å². The number of carbonyl (C=O) groups is 2. The number of pyridine rings is 1. The van der Waals surface area contributed by atoms with E-state index in [2.05, 4.69) is 15.5 Å². The molecule has 8 nitrogen and oxygen atoms in total. The average Bonchev–Trinajstić information content (AvgIpc) is 3.06. The predicted molar refractivity (Wildman–Crippen MR) is 107 cm³/mol. The molecule has 1 N–H and O–H groups in total. The second-order valence-electron chi connectivity index (χ2n) is 7.36. The number of piperidine rings is 1. The van der Waals surface area contributed by atoms with Crippen LogP contribution >= 0.6 is 0 Å². The van der Waals surface area contributed by atoms with Gasteiger partial charge >= 0.3 is 0 Å². The standard InChI is InChI=1S/C21H28N4O4/c1-14-18(15(2)29-24-14)12-20(26)25-9-6-16(7-10-25)19-5-4-17(13-23-19)21(27)22-8-11-28-3/h4-5,13,16H,6-12H2,1-3H3,(H,22,27). The van der Waals surface area contributed by atoms with Crippen LogP contribution in [0.25, 0.3) is 0 Å². The number of aromatic nitrogens is 2. The third kappa shape index (κ3) is 5.20. The van der Waals surface area contributed by atoms with Gasteiger partial charge in [0.05, 0.1) is 24.3 Å². The fraction of sp³-hybridized carbons (Fsp3) is 0.524. The van der Waals surface area contributed by atoms with Gasteiger partial charge in [-0.25, -0.2) is 0 Å². The lowest BCUT2D eigenvalue weighted by molar-refractivity contribution is -0.131. The largest absolute Gasteiger partial charge is 0.383 e. The minimum absolute atomic E-state index is 0.105. The molecule has 0 radical (unpaired) electrons. The summed E-state index contributed by atoms with van der Waals surface area (Å²) in [5, 5.41) is 6.70. The van der Waals surface area contributed by atoms with E-state index in [9.17, 15) is 9.59 Å². The Morgan fingerprint density at radius 3 is 2.62 bits per heavy atom. The molecule has 0 aliphatic carbocycles. The molecule has 29 heavy (non-hydrogen) atoms. The lowest BCUT2D eigenvalue weighted by atomic mass is 9.92. The molecule has 8 heteroatoms. The zero-order valence-corrected chi connectivity index (χ0v) is 17.2. The van der Waals surface area contributed by atoms with Gasteiger partial charge in [-0.15, -0.1) is 0 Å². The molecule has 2 amide bonds. The lowest BCUT2D eigenvalue weighted by Gasteiger charge is -2.32. The van der Waals surface area contributed by atoms with Crippen LogP contribution in [-0.4, -0.2) is 60.2 Å². The number of methoxy groups -OCH3 is 1. The summed E-state index contributed by atoms with van der Waals surface area (Å²) in [4.78, 5) is 31.1. The highest BCUT2D eigenvalue weighted by Crippen LogP contribution is 2.27. The first-order valence-electron chi connectivity index (χ1n) is 9.92. The molecule has 1 saturated heterocycles. The van der Waals surface area contributed by atoms with Gasteiger partial charge in [0.2, 0.25) is 5.91 Å². The molecule has 0 bridgehead atoms. The van der Waals surface area contributed by atoms with E-state index in [1.54, 1.807) is 19.4 Å². The molecule has 0 saturated carbocycles. The summed E-state index contributed by atoms with van der Waals surface area (Å²) < 4.78 is 10.1. The minimum atomic E-state index is -0.152. The highest BCUT2D eigenvalue weighted by atomic mass is 16.5. The van der Waals surface area contributed by atoms with Crippen LogP contribution in [0.15, 0.2) is 22.9 Å². The predicted octanol–water partition coefficient (Wildman–Crippen LogP) is 2.01. The van der Waals surface area contributed by atoms with Crippen molar-refractivity contribution in [3.8, 4) is 0 Å². The van der Waals surface area contributed by atoms with Crippen molar-refractivity contribution in [3.63, 3.8) is 0 Å². The molecule has 0 spiro atoms. The Kier molecular flexibility index (Phi) is 6.98. The van der Waals surface area contributed by atoms with Gasteiger partial charge < -0.3 is 19.5 Å². The van der Waals surface area contributed by atoms with Gasteiger partial charge in [-0.1, -0.05) is 5.16 Å². The third-order valence-corrected chi connectivity index (χ3v) is 5.42. The zero-order chi connectivity index (χ0) is 20.8. The monoisotopic (exact) mass is 400 g/mol. The maximum Gasteiger partial charge on any atom is 0.252 e. The van der Waals surface area contributed by atoms with E-state index in [4.69, 9.17) is 9.26 Å². The normalized spacial score (nSPS) is 14.8. The van der Waals surface area contributed by atoms with E-state index in [0.29, 0.717) is 49.9 Å². The first-order valence-corrected chi connectivity index (χ1v) is 9.92. The molecule has 3 heterocycles. The van der Waals surface area contributed by atoms with Crippen molar-refractivity contribution in [1.29, 1.82) is 0 Å². The second-order valence-corrected chi connectivity index (χ2v) is 7.36. The Morgan fingerprint density at radius 1 is 1.28 bits per heavy atom. The van der Waals surface area contributed by atoms with Crippen LogP contribution in [0.3, 0.4) is 0 Å². The zero-order valence-electron chi connectivity index (χ0n) is 17.2. The molecule has 1 fully saturated rings. The minimum Gasteiger partial charge on any atom is -0.383 e. The Labute approximate surface area is 170 Å². The van der Waals surface area contributed by atoms with Crippen molar-refractivity contribution >= 4 is 11.8 Å². The molecule has 156 valence electrons. The smallest absolute Gasteiger partial charge is 0.252 e. The number of aryl methyl sites for hydroxylation is 2. The highest BCUT2D eigenvalue weighted by molar-refractivity contribution is 5.93. The fourth-order valence-electron chi connectivity index (χ4n) is 3.59. The number of amides is 2. The van der Waals surface area contributed by atoms with E-state index >= 15 is 0 Å². The number of hydrogen-bond acceptors (Lipinski definition) is 6. The number of carbonyl (C=O) groups excluding carboxylic acids is 2.